The van der Waals surface area contributed by atoms with Gasteiger partial charge in [0, 0.05) is 13.0 Å². The molecule has 0 heterocycles. The van der Waals surface area contributed by atoms with Crippen molar-refractivity contribution in [3.8, 4) is 0 Å². The summed E-state index contributed by atoms with van der Waals surface area (Å²) in [5.74, 6) is -0.372. The van der Waals surface area contributed by atoms with Crippen LogP contribution >= 0.6 is 7.82 Å². The molecular weight excluding hydrogens is 800 g/mol. The van der Waals surface area contributed by atoms with Crippen LogP contribution in [0.25, 0.3) is 0 Å². The standard InChI is InChI=1S/C52H105O9P/c1-3-5-7-9-11-13-15-17-19-21-23-25-26-28-30-32-34-36-38-40-42-44-52(55)61-51(49-60-62(56,57)59-47-50(54)46-53)48-58-45-43-41-39-37-35-33-31-29-27-24-22-20-18-16-14-12-10-8-6-4-2/h50-51,53-54H,3-49H2,1-2H3,(H,56,57). The van der Waals surface area contributed by atoms with Crippen LogP contribution in [0.15, 0.2) is 0 Å². The molecule has 10 heteroatoms. The third-order valence-corrected chi connectivity index (χ3v) is 13.2. The van der Waals surface area contributed by atoms with Gasteiger partial charge in [0.25, 0.3) is 0 Å². The van der Waals surface area contributed by atoms with Crippen molar-refractivity contribution in [1.29, 1.82) is 0 Å². The highest BCUT2D eigenvalue weighted by Gasteiger charge is 2.26. The smallest absolute Gasteiger partial charge is 0.457 e. The number of carbonyl (C=O) groups excluding carboxylic acids is 1. The second-order valence-corrected chi connectivity index (χ2v) is 20.1. The maximum Gasteiger partial charge on any atom is 0.472 e. The molecule has 3 atom stereocenters. The largest absolute Gasteiger partial charge is 0.472 e. The zero-order chi connectivity index (χ0) is 45.3. The van der Waals surface area contributed by atoms with Gasteiger partial charge in [-0.2, -0.15) is 0 Å². The number of ether oxygens (including phenoxy) is 2. The molecule has 9 nitrogen and oxygen atoms in total. The molecule has 0 fully saturated rings. The highest BCUT2D eigenvalue weighted by molar-refractivity contribution is 7.47. The van der Waals surface area contributed by atoms with E-state index in [1.807, 2.05) is 0 Å². The number of phosphoric acid groups is 1. The number of hydrogen-bond donors (Lipinski definition) is 3. The van der Waals surface area contributed by atoms with Gasteiger partial charge in [0.2, 0.25) is 0 Å². The Morgan fingerprint density at radius 2 is 0.726 bits per heavy atom. The Hall–Kier alpha value is -0.540. The van der Waals surface area contributed by atoms with Crippen LogP contribution in [0.1, 0.15) is 284 Å². The lowest BCUT2D eigenvalue weighted by molar-refractivity contribution is -0.154. The van der Waals surface area contributed by atoms with Gasteiger partial charge in [-0.05, 0) is 12.8 Å². The van der Waals surface area contributed by atoms with Crippen molar-refractivity contribution in [2.45, 2.75) is 296 Å². The van der Waals surface area contributed by atoms with E-state index in [1.54, 1.807) is 0 Å². The molecule has 0 aliphatic carbocycles. The van der Waals surface area contributed by atoms with E-state index in [4.69, 9.17) is 23.6 Å². The van der Waals surface area contributed by atoms with Crippen molar-refractivity contribution in [2.75, 3.05) is 33.0 Å². The molecule has 0 aromatic carbocycles. The van der Waals surface area contributed by atoms with Crippen molar-refractivity contribution in [3.05, 3.63) is 0 Å². The summed E-state index contributed by atoms with van der Waals surface area (Å²) >= 11 is 0. The fourth-order valence-corrected chi connectivity index (χ4v) is 8.97. The van der Waals surface area contributed by atoms with Crippen molar-refractivity contribution >= 4 is 13.8 Å². The summed E-state index contributed by atoms with van der Waals surface area (Å²) in [5, 5.41) is 18.4. The SMILES string of the molecule is CCCCCCCCCCCCCCCCCCCCCCCC(=O)OC(COCCCCCCCCCCCCCCCCCCCCCC)COP(=O)(O)OCC(O)CO. The van der Waals surface area contributed by atoms with Gasteiger partial charge in [0.1, 0.15) is 12.2 Å². The molecule has 0 saturated heterocycles. The molecule has 0 bridgehead atoms. The van der Waals surface area contributed by atoms with Gasteiger partial charge in [0.15, 0.2) is 0 Å². The number of hydrogen-bond acceptors (Lipinski definition) is 8. The highest BCUT2D eigenvalue weighted by atomic mass is 31.2. The number of phosphoric ester groups is 1. The fraction of sp³-hybridized carbons (Fsp3) is 0.981. The first-order chi connectivity index (χ1) is 30.3. The second kappa shape index (κ2) is 49.9. The van der Waals surface area contributed by atoms with Crippen LogP contribution in [-0.2, 0) is 27.9 Å². The van der Waals surface area contributed by atoms with E-state index in [-0.39, 0.29) is 25.6 Å². The highest BCUT2D eigenvalue weighted by Crippen LogP contribution is 2.43. The molecule has 62 heavy (non-hydrogen) atoms. The summed E-state index contributed by atoms with van der Waals surface area (Å²) in [5.41, 5.74) is 0. The van der Waals surface area contributed by atoms with Crippen molar-refractivity contribution in [2.24, 2.45) is 0 Å². The first kappa shape index (κ1) is 61.5. The number of carbonyl (C=O) groups is 1. The molecule has 0 radical (unpaired) electrons. The van der Waals surface area contributed by atoms with Gasteiger partial charge in [-0.1, -0.05) is 264 Å². The monoisotopic (exact) mass is 905 g/mol. The van der Waals surface area contributed by atoms with Crippen molar-refractivity contribution in [3.63, 3.8) is 0 Å². The quantitative estimate of drug-likeness (QED) is 0.0310. The Morgan fingerprint density at radius 3 is 1.05 bits per heavy atom. The van der Waals surface area contributed by atoms with Gasteiger partial charge < -0.3 is 24.6 Å². The van der Waals surface area contributed by atoms with E-state index in [9.17, 15) is 19.4 Å². The summed E-state index contributed by atoms with van der Waals surface area (Å²) in [6.45, 7) is 3.61. The van der Waals surface area contributed by atoms with Gasteiger partial charge in [0.05, 0.1) is 26.4 Å². The predicted molar refractivity (Wildman–Crippen MR) is 261 cm³/mol. The molecule has 0 saturated carbocycles. The Balaban J connectivity index is 3.98. The van der Waals surface area contributed by atoms with E-state index in [0.29, 0.717) is 6.61 Å². The Morgan fingerprint density at radius 1 is 0.435 bits per heavy atom. The molecule has 0 aliphatic heterocycles. The molecule has 0 aromatic rings. The van der Waals surface area contributed by atoms with Crippen LogP contribution in [0.3, 0.4) is 0 Å². The van der Waals surface area contributed by atoms with Gasteiger partial charge in [-0.15, -0.1) is 0 Å². The van der Waals surface area contributed by atoms with Crippen LogP contribution in [0, 0.1) is 0 Å². The van der Waals surface area contributed by atoms with Crippen LogP contribution < -0.4 is 0 Å². The van der Waals surface area contributed by atoms with E-state index in [1.165, 1.54) is 231 Å². The summed E-state index contributed by atoms with van der Waals surface area (Å²) in [6.07, 6.45) is 52.2. The first-order valence-corrected chi connectivity index (χ1v) is 28.5. The maximum absolute atomic E-state index is 12.7. The number of rotatable bonds is 53. The minimum Gasteiger partial charge on any atom is -0.457 e. The molecule has 3 unspecified atom stereocenters. The zero-order valence-electron chi connectivity index (χ0n) is 41.1. The molecule has 0 aromatic heterocycles. The topological polar surface area (TPSA) is 132 Å². The van der Waals surface area contributed by atoms with E-state index < -0.39 is 33.2 Å². The predicted octanol–water partition coefficient (Wildman–Crippen LogP) is 15.8. The number of aliphatic hydroxyl groups is 2. The third kappa shape index (κ3) is 48.9. The summed E-state index contributed by atoms with van der Waals surface area (Å²) in [4.78, 5) is 22.7. The maximum atomic E-state index is 12.7. The van der Waals surface area contributed by atoms with Crippen LogP contribution in [0.5, 0.6) is 0 Å². The van der Waals surface area contributed by atoms with Crippen LogP contribution in [0.4, 0.5) is 0 Å². The molecule has 0 amide bonds. The average Bonchev–Trinajstić information content (AvgIpc) is 3.26. The van der Waals surface area contributed by atoms with E-state index in [0.717, 1.165) is 32.1 Å². The molecule has 0 rings (SSSR count). The van der Waals surface area contributed by atoms with Gasteiger partial charge >= 0.3 is 13.8 Å². The lowest BCUT2D eigenvalue weighted by atomic mass is 10.0. The number of unbranched alkanes of at least 4 members (excludes halogenated alkanes) is 39. The lowest BCUT2D eigenvalue weighted by Gasteiger charge is -2.20. The lowest BCUT2D eigenvalue weighted by Crippen LogP contribution is -2.29. The molecular formula is C52H105O9P. The van der Waals surface area contributed by atoms with Crippen molar-refractivity contribution in [1.82, 2.24) is 0 Å². The molecule has 0 aliphatic rings. The minimum absolute atomic E-state index is 0.0590. The zero-order valence-corrected chi connectivity index (χ0v) is 42.0. The van der Waals surface area contributed by atoms with E-state index >= 15 is 0 Å². The molecule has 0 spiro atoms. The average molecular weight is 905 g/mol. The number of aliphatic hydroxyl groups excluding tert-OH is 2. The summed E-state index contributed by atoms with van der Waals surface area (Å²) in [6, 6.07) is 0. The normalized spacial score (nSPS) is 13.7. The summed E-state index contributed by atoms with van der Waals surface area (Å²) in [7, 11) is -4.52. The van der Waals surface area contributed by atoms with Crippen molar-refractivity contribution < 1.29 is 43.0 Å². The Labute approximate surface area is 384 Å². The minimum atomic E-state index is -4.52. The second-order valence-electron chi connectivity index (χ2n) is 18.6. The van der Waals surface area contributed by atoms with E-state index in [2.05, 4.69) is 13.8 Å². The first-order valence-electron chi connectivity index (χ1n) is 27.0. The number of esters is 1. The molecule has 372 valence electrons. The van der Waals surface area contributed by atoms with Gasteiger partial charge in [-0.3, -0.25) is 13.8 Å². The third-order valence-electron chi connectivity index (χ3n) is 12.3. The van der Waals surface area contributed by atoms with Crippen LogP contribution in [0.2, 0.25) is 0 Å². The fourth-order valence-electron chi connectivity index (χ4n) is 8.18. The molecule has 3 N–H and O–H groups in total. The van der Waals surface area contributed by atoms with Crippen LogP contribution in [-0.4, -0.2) is 66.3 Å². The Kier molecular flexibility index (Phi) is 49.5. The Bertz CT molecular complexity index is 938. The summed E-state index contributed by atoms with van der Waals surface area (Å²) < 4.78 is 33.6. The van der Waals surface area contributed by atoms with Gasteiger partial charge in [-0.25, -0.2) is 4.57 Å².